The first-order valence-electron chi connectivity index (χ1n) is 8.46. The third-order valence-electron chi connectivity index (χ3n) is 3.83. The number of carbonyl (C=O) groups is 1. The van der Waals surface area contributed by atoms with Gasteiger partial charge in [0.25, 0.3) is 11.6 Å². The smallest absolute Gasteiger partial charge is 0.318 e. The lowest BCUT2D eigenvalue weighted by Crippen LogP contribution is -2.19. The van der Waals surface area contributed by atoms with E-state index in [0.717, 1.165) is 23.9 Å². The van der Waals surface area contributed by atoms with Gasteiger partial charge in [0.05, 0.1) is 33.1 Å². The van der Waals surface area contributed by atoms with Crippen molar-refractivity contribution in [2.75, 3.05) is 6.61 Å². The highest BCUT2D eigenvalue weighted by molar-refractivity contribution is 8.18. The summed E-state index contributed by atoms with van der Waals surface area (Å²) in [5, 5.41) is 35.0. The molecule has 30 heavy (non-hydrogen) atoms. The maximum atomic E-state index is 12.2. The van der Waals surface area contributed by atoms with Crippen LogP contribution < -0.4 is 10.1 Å². The lowest BCUT2D eigenvalue weighted by molar-refractivity contribution is -0.394. The topological polar surface area (TPSA) is 157 Å². The van der Waals surface area contributed by atoms with Gasteiger partial charge in [0.15, 0.2) is 5.17 Å². The average Bonchev–Trinajstić information content (AvgIpc) is 3.03. The van der Waals surface area contributed by atoms with Gasteiger partial charge in [0, 0.05) is 11.6 Å². The predicted octanol–water partition coefficient (Wildman–Crippen LogP) is 3.50. The molecule has 12 heteroatoms. The molecule has 1 saturated heterocycles. The Morgan fingerprint density at radius 1 is 1.20 bits per heavy atom. The molecule has 0 spiro atoms. The number of aromatic hydroxyl groups is 1. The first-order valence-corrected chi connectivity index (χ1v) is 9.28. The fourth-order valence-corrected chi connectivity index (χ4v) is 3.34. The quantitative estimate of drug-likeness (QED) is 0.400. The van der Waals surface area contributed by atoms with Gasteiger partial charge in [-0.1, -0.05) is 0 Å². The lowest BCUT2D eigenvalue weighted by Gasteiger charge is -2.02. The minimum Gasteiger partial charge on any atom is -0.502 e. The molecular weight excluding hydrogens is 416 g/mol. The lowest BCUT2D eigenvalue weighted by atomic mass is 10.1. The predicted molar refractivity (Wildman–Crippen MR) is 110 cm³/mol. The van der Waals surface area contributed by atoms with E-state index in [4.69, 9.17) is 4.74 Å². The van der Waals surface area contributed by atoms with Gasteiger partial charge in [-0.25, -0.2) is 4.99 Å². The Kier molecular flexibility index (Phi) is 5.97. The summed E-state index contributed by atoms with van der Waals surface area (Å²) in [5.74, 6) is -0.658. The van der Waals surface area contributed by atoms with Crippen molar-refractivity contribution in [1.82, 2.24) is 5.32 Å². The SMILES string of the molecule is CCOc1ccc(N=C2NC(=O)/C(=C/c3cc([N+](=O)[O-])cc([N+](=O)[O-])c3O)S2)cc1. The van der Waals surface area contributed by atoms with Crippen LogP contribution in [0, 0.1) is 20.2 Å². The Morgan fingerprint density at radius 3 is 2.50 bits per heavy atom. The molecule has 1 amide bonds. The Bertz CT molecular complexity index is 1100. The van der Waals surface area contributed by atoms with E-state index < -0.39 is 32.9 Å². The third kappa shape index (κ3) is 4.55. The molecule has 0 bridgehead atoms. The molecule has 2 aromatic rings. The van der Waals surface area contributed by atoms with Crippen molar-refractivity contribution in [3.8, 4) is 11.5 Å². The molecule has 0 atom stereocenters. The number of benzene rings is 2. The molecule has 0 aromatic heterocycles. The van der Waals surface area contributed by atoms with E-state index in [0.29, 0.717) is 24.1 Å². The maximum Gasteiger partial charge on any atom is 0.318 e. The molecule has 2 aromatic carbocycles. The Hall–Kier alpha value is -3.93. The van der Waals surface area contributed by atoms with Crippen molar-refractivity contribution in [3.63, 3.8) is 0 Å². The van der Waals surface area contributed by atoms with Crippen LogP contribution in [-0.2, 0) is 4.79 Å². The van der Waals surface area contributed by atoms with Gasteiger partial charge in [-0.3, -0.25) is 25.0 Å². The van der Waals surface area contributed by atoms with Crippen molar-refractivity contribution in [1.29, 1.82) is 0 Å². The summed E-state index contributed by atoms with van der Waals surface area (Å²) in [7, 11) is 0. The van der Waals surface area contributed by atoms with E-state index >= 15 is 0 Å². The van der Waals surface area contributed by atoms with E-state index in [1.54, 1.807) is 24.3 Å². The highest BCUT2D eigenvalue weighted by atomic mass is 32.2. The summed E-state index contributed by atoms with van der Waals surface area (Å²) in [6.45, 7) is 2.39. The molecule has 1 aliphatic rings. The normalized spacial score (nSPS) is 16.0. The number of amides is 1. The number of nitro benzene ring substituents is 2. The number of thioether (sulfide) groups is 1. The van der Waals surface area contributed by atoms with E-state index in [1.165, 1.54) is 0 Å². The molecule has 154 valence electrons. The zero-order valence-electron chi connectivity index (χ0n) is 15.4. The van der Waals surface area contributed by atoms with Crippen LogP contribution in [0.15, 0.2) is 46.3 Å². The van der Waals surface area contributed by atoms with Crippen LogP contribution in [0.1, 0.15) is 12.5 Å². The van der Waals surface area contributed by atoms with E-state index in [1.807, 2.05) is 6.92 Å². The van der Waals surface area contributed by atoms with Gasteiger partial charge >= 0.3 is 5.69 Å². The molecule has 0 saturated carbocycles. The van der Waals surface area contributed by atoms with Gasteiger partial charge in [-0.2, -0.15) is 0 Å². The molecule has 0 aliphatic carbocycles. The molecular formula is C18H14N4O7S. The molecule has 2 N–H and O–H groups in total. The van der Waals surface area contributed by atoms with Crippen LogP contribution in [0.5, 0.6) is 11.5 Å². The zero-order chi connectivity index (χ0) is 21.8. The second-order valence-corrected chi connectivity index (χ2v) is 6.86. The van der Waals surface area contributed by atoms with Gasteiger partial charge in [0.2, 0.25) is 5.75 Å². The van der Waals surface area contributed by atoms with Crippen LogP contribution in [0.2, 0.25) is 0 Å². The standard InChI is InChI=1S/C18H14N4O7S/c1-2-29-13-5-3-11(4-6-13)19-18-20-17(24)15(30-18)8-10-7-12(21(25)26)9-14(16(10)23)22(27)28/h3-9,23H,2H2,1H3,(H,19,20,24)/b15-8-. The molecule has 3 rings (SSSR count). The van der Waals surface area contributed by atoms with Crippen molar-refractivity contribution in [2.24, 2.45) is 4.99 Å². The van der Waals surface area contributed by atoms with Crippen molar-refractivity contribution in [2.45, 2.75) is 6.92 Å². The monoisotopic (exact) mass is 430 g/mol. The number of nitro groups is 2. The summed E-state index contributed by atoms with van der Waals surface area (Å²) >= 11 is 0.928. The van der Waals surface area contributed by atoms with Gasteiger partial charge < -0.3 is 15.2 Å². The van der Waals surface area contributed by atoms with E-state index in [2.05, 4.69) is 10.3 Å². The fraction of sp³-hybridized carbons (Fsp3) is 0.111. The number of aliphatic imine (C=N–C) groups is 1. The number of phenolic OH excluding ortho intramolecular Hbond substituents is 1. The summed E-state index contributed by atoms with van der Waals surface area (Å²) in [6.07, 6.45) is 1.13. The van der Waals surface area contributed by atoms with Crippen LogP contribution in [0.3, 0.4) is 0 Å². The molecule has 0 radical (unpaired) electrons. The largest absolute Gasteiger partial charge is 0.502 e. The molecule has 1 heterocycles. The molecule has 1 aliphatic heterocycles. The Balaban J connectivity index is 1.91. The first-order chi connectivity index (χ1) is 14.3. The number of amidine groups is 1. The number of rotatable bonds is 6. The first kappa shape index (κ1) is 20.8. The molecule has 11 nitrogen and oxygen atoms in total. The van der Waals surface area contributed by atoms with Crippen molar-refractivity contribution >= 4 is 46.0 Å². The van der Waals surface area contributed by atoms with Crippen molar-refractivity contribution in [3.05, 3.63) is 67.1 Å². The van der Waals surface area contributed by atoms with Crippen LogP contribution >= 0.6 is 11.8 Å². The third-order valence-corrected chi connectivity index (χ3v) is 4.74. The number of nitrogens with one attached hydrogen (secondary N) is 1. The summed E-state index contributed by atoms with van der Waals surface area (Å²) in [4.78, 5) is 36.9. The van der Waals surface area contributed by atoms with Crippen LogP contribution in [0.25, 0.3) is 6.08 Å². The zero-order valence-corrected chi connectivity index (χ0v) is 16.2. The number of phenols is 1. The molecule has 1 fully saturated rings. The second kappa shape index (κ2) is 8.61. The number of carbonyl (C=O) groups excluding carboxylic acids is 1. The Labute approximate surface area is 173 Å². The van der Waals surface area contributed by atoms with Gasteiger partial charge in [-0.15, -0.1) is 0 Å². The summed E-state index contributed by atoms with van der Waals surface area (Å²) in [6, 6.07) is 8.44. The second-order valence-electron chi connectivity index (χ2n) is 5.83. The minimum atomic E-state index is -0.939. The fourth-order valence-electron chi connectivity index (χ4n) is 2.50. The van der Waals surface area contributed by atoms with Gasteiger partial charge in [0.1, 0.15) is 5.75 Å². The summed E-state index contributed by atoms with van der Waals surface area (Å²) in [5.41, 5.74) is -1.09. The number of nitrogens with zero attached hydrogens (tertiary/aromatic N) is 3. The summed E-state index contributed by atoms with van der Waals surface area (Å²) < 4.78 is 5.34. The Morgan fingerprint density at radius 2 is 1.90 bits per heavy atom. The highest BCUT2D eigenvalue weighted by Gasteiger charge is 2.27. The molecule has 0 unspecified atom stereocenters. The highest BCUT2D eigenvalue weighted by Crippen LogP contribution is 2.37. The van der Waals surface area contributed by atoms with E-state index in [-0.39, 0.29) is 15.6 Å². The van der Waals surface area contributed by atoms with Crippen molar-refractivity contribution < 1.29 is 24.5 Å². The average molecular weight is 430 g/mol. The number of ether oxygens (including phenoxy) is 1. The maximum absolute atomic E-state index is 12.2. The van der Waals surface area contributed by atoms with Crippen LogP contribution in [-0.4, -0.2) is 32.6 Å². The number of hydrogen-bond acceptors (Lipinski definition) is 9. The van der Waals surface area contributed by atoms with Crippen LogP contribution in [0.4, 0.5) is 17.1 Å². The number of non-ortho nitro benzene ring substituents is 1. The minimum absolute atomic E-state index is 0.0600. The number of hydrogen-bond donors (Lipinski definition) is 2. The van der Waals surface area contributed by atoms with E-state index in [9.17, 15) is 30.1 Å². The van der Waals surface area contributed by atoms with Gasteiger partial charge in [-0.05, 0) is 49.0 Å².